The highest BCUT2D eigenvalue weighted by Gasteiger charge is 2.22. The first-order valence-corrected chi connectivity index (χ1v) is 7.36. The second kappa shape index (κ2) is 6.64. The zero-order valence-electron chi connectivity index (χ0n) is 12.4. The molecule has 1 saturated heterocycles. The fraction of sp³-hybridized carbons (Fsp3) is 0.467. The summed E-state index contributed by atoms with van der Waals surface area (Å²) in [4.78, 5) is 9.65. The molecule has 1 aliphatic heterocycles. The minimum Gasteiger partial charge on any atom is -0.476 e. The van der Waals surface area contributed by atoms with Gasteiger partial charge in [-0.05, 0) is 31.7 Å². The van der Waals surface area contributed by atoms with E-state index >= 15 is 0 Å². The molecule has 0 unspecified atom stereocenters. The average molecular weight is 303 g/mol. The van der Waals surface area contributed by atoms with Gasteiger partial charge in [-0.3, -0.25) is 0 Å². The van der Waals surface area contributed by atoms with Gasteiger partial charge < -0.3 is 9.64 Å². The Kier molecular flexibility index (Phi) is 4.41. The highest BCUT2D eigenvalue weighted by molar-refractivity contribution is 5.38. The number of aryl methyl sites for hydroxylation is 1. The Bertz CT molecular complexity index is 614. The number of rotatable bonds is 4. The summed E-state index contributed by atoms with van der Waals surface area (Å²) in [6, 6.07) is 3.70. The molecule has 3 rings (SSSR count). The molecule has 7 heteroatoms. The highest BCUT2D eigenvalue weighted by Crippen LogP contribution is 2.23. The van der Waals surface area contributed by atoms with Crippen molar-refractivity contribution in [2.75, 3.05) is 24.6 Å². The van der Waals surface area contributed by atoms with E-state index in [4.69, 9.17) is 4.74 Å². The van der Waals surface area contributed by atoms with Crippen molar-refractivity contribution in [1.29, 1.82) is 0 Å². The van der Waals surface area contributed by atoms with E-state index in [0.717, 1.165) is 31.6 Å². The molecule has 0 aliphatic carbocycles. The van der Waals surface area contributed by atoms with Crippen LogP contribution in [-0.2, 0) is 0 Å². The van der Waals surface area contributed by atoms with Gasteiger partial charge in [0.15, 0.2) is 11.6 Å². The van der Waals surface area contributed by atoms with Crippen molar-refractivity contribution in [3.05, 3.63) is 36.2 Å². The molecule has 22 heavy (non-hydrogen) atoms. The van der Waals surface area contributed by atoms with Crippen LogP contribution in [0.5, 0.6) is 5.88 Å². The number of halogens is 1. The second-order valence-corrected chi connectivity index (χ2v) is 5.45. The van der Waals surface area contributed by atoms with Gasteiger partial charge in [0, 0.05) is 19.2 Å². The molecular weight excluding hydrogens is 285 g/mol. The summed E-state index contributed by atoms with van der Waals surface area (Å²) in [5, 5.41) is 7.95. The van der Waals surface area contributed by atoms with Crippen molar-refractivity contribution in [2.24, 2.45) is 5.92 Å². The van der Waals surface area contributed by atoms with Gasteiger partial charge in [0.2, 0.25) is 5.88 Å². The van der Waals surface area contributed by atoms with E-state index in [1.807, 2.05) is 24.0 Å². The summed E-state index contributed by atoms with van der Waals surface area (Å²) in [6.45, 7) is 4.03. The largest absolute Gasteiger partial charge is 0.476 e. The molecule has 6 nitrogen and oxygen atoms in total. The standard InChI is InChI=1S/C15H18FN5O/c1-11-2-3-14(20-19-11)22-9-12-4-6-21(7-5-12)15-13(16)8-17-10-18-15/h2-3,8,10,12H,4-7,9H2,1H3. The van der Waals surface area contributed by atoms with Gasteiger partial charge >= 0.3 is 0 Å². The topological polar surface area (TPSA) is 64.0 Å². The summed E-state index contributed by atoms with van der Waals surface area (Å²) >= 11 is 0. The van der Waals surface area contributed by atoms with Crippen LogP contribution in [-0.4, -0.2) is 39.9 Å². The summed E-state index contributed by atoms with van der Waals surface area (Å²) in [7, 11) is 0. The number of piperidine rings is 1. The van der Waals surface area contributed by atoms with E-state index in [2.05, 4.69) is 20.2 Å². The van der Waals surface area contributed by atoms with Crippen LogP contribution in [0.2, 0.25) is 0 Å². The quantitative estimate of drug-likeness (QED) is 0.861. The molecule has 2 aromatic heterocycles. The number of aromatic nitrogens is 4. The molecule has 3 heterocycles. The van der Waals surface area contributed by atoms with Crippen LogP contribution < -0.4 is 9.64 Å². The van der Waals surface area contributed by atoms with Crippen molar-refractivity contribution in [3.63, 3.8) is 0 Å². The van der Waals surface area contributed by atoms with E-state index in [0.29, 0.717) is 24.2 Å². The maximum absolute atomic E-state index is 13.7. The summed E-state index contributed by atoms with van der Waals surface area (Å²) in [6.07, 6.45) is 4.45. The summed E-state index contributed by atoms with van der Waals surface area (Å²) in [5.74, 6) is 1.00. The molecule has 0 saturated carbocycles. The number of hydrogen-bond acceptors (Lipinski definition) is 6. The molecule has 0 N–H and O–H groups in total. The zero-order valence-corrected chi connectivity index (χ0v) is 12.4. The third-order valence-electron chi connectivity index (χ3n) is 3.80. The van der Waals surface area contributed by atoms with E-state index < -0.39 is 0 Å². The molecule has 0 amide bonds. The van der Waals surface area contributed by atoms with Crippen LogP contribution in [0.4, 0.5) is 10.2 Å². The van der Waals surface area contributed by atoms with Crippen LogP contribution in [0.3, 0.4) is 0 Å². The second-order valence-electron chi connectivity index (χ2n) is 5.45. The van der Waals surface area contributed by atoms with Gasteiger partial charge in [0.1, 0.15) is 6.33 Å². The Morgan fingerprint density at radius 3 is 2.77 bits per heavy atom. The lowest BCUT2D eigenvalue weighted by Gasteiger charge is -2.32. The van der Waals surface area contributed by atoms with Crippen molar-refractivity contribution in [2.45, 2.75) is 19.8 Å². The van der Waals surface area contributed by atoms with Crippen molar-refractivity contribution < 1.29 is 9.13 Å². The van der Waals surface area contributed by atoms with E-state index in [9.17, 15) is 4.39 Å². The first kappa shape index (κ1) is 14.6. The smallest absolute Gasteiger partial charge is 0.233 e. The van der Waals surface area contributed by atoms with Gasteiger partial charge in [0.25, 0.3) is 0 Å². The SMILES string of the molecule is Cc1ccc(OCC2CCN(c3ncncc3F)CC2)nn1. The Morgan fingerprint density at radius 1 is 1.27 bits per heavy atom. The first-order chi connectivity index (χ1) is 10.7. The van der Waals surface area contributed by atoms with Gasteiger partial charge in [-0.15, -0.1) is 5.10 Å². The van der Waals surface area contributed by atoms with Gasteiger partial charge in [-0.2, -0.15) is 5.10 Å². The predicted molar refractivity (Wildman–Crippen MR) is 79.2 cm³/mol. The Balaban J connectivity index is 1.50. The van der Waals surface area contributed by atoms with Crippen molar-refractivity contribution in [1.82, 2.24) is 20.2 Å². The molecule has 2 aromatic rings. The van der Waals surface area contributed by atoms with E-state index in [1.165, 1.54) is 12.5 Å². The molecule has 0 aromatic carbocycles. The van der Waals surface area contributed by atoms with Crippen LogP contribution >= 0.6 is 0 Å². The highest BCUT2D eigenvalue weighted by atomic mass is 19.1. The van der Waals surface area contributed by atoms with Crippen molar-refractivity contribution >= 4 is 5.82 Å². The number of nitrogens with zero attached hydrogens (tertiary/aromatic N) is 5. The van der Waals surface area contributed by atoms with Crippen LogP contribution in [0.15, 0.2) is 24.7 Å². The lowest BCUT2D eigenvalue weighted by molar-refractivity contribution is 0.213. The Labute approximate surface area is 128 Å². The zero-order chi connectivity index (χ0) is 15.4. The minimum atomic E-state index is -0.368. The molecule has 0 atom stereocenters. The van der Waals surface area contributed by atoms with Crippen LogP contribution in [0.1, 0.15) is 18.5 Å². The lowest BCUT2D eigenvalue weighted by Crippen LogP contribution is -2.36. The van der Waals surface area contributed by atoms with Gasteiger partial charge in [-0.1, -0.05) is 0 Å². The lowest BCUT2D eigenvalue weighted by atomic mass is 9.98. The Hall–Kier alpha value is -2.31. The molecule has 0 radical (unpaired) electrons. The van der Waals surface area contributed by atoms with Crippen LogP contribution in [0.25, 0.3) is 0 Å². The Morgan fingerprint density at radius 2 is 2.09 bits per heavy atom. The maximum Gasteiger partial charge on any atom is 0.233 e. The van der Waals surface area contributed by atoms with E-state index in [-0.39, 0.29) is 5.82 Å². The average Bonchev–Trinajstić information content (AvgIpc) is 2.55. The molecular formula is C15H18FN5O. The third-order valence-corrected chi connectivity index (χ3v) is 3.80. The van der Waals surface area contributed by atoms with Crippen LogP contribution in [0, 0.1) is 18.7 Å². The normalized spacial score (nSPS) is 15.8. The fourth-order valence-electron chi connectivity index (χ4n) is 2.52. The first-order valence-electron chi connectivity index (χ1n) is 7.36. The number of ether oxygens (including phenoxy) is 1. The fourth-order valence-corrected chi connectivity index (χ4v) is 2.52. The predicted octanol–water partition coefficient (Wildman–Crippen LogP) is 2.01. The monoisotopic (exact) mass is 303 g/mol. The summed E-state index contributed by atoms with van der Waals surface area (Å²) in [5.41, 5.74) is 0.868. The third kappa shape index (κ3) is 3.47. The summed E-state index contributed by atoms with van der Waals surface area (Å²) < 4.78 is 19.3. The molecule has 1 fully saturated rings. The van der Waals surface area contributed by atoms with Crippen molar-refractivity contribution in [3.8, 4) is 5.88 Å². The minimum absolute atomic E-state index is 0.368. The van der Waals surface area contributed by atoms with Gasteiger partial charge in [0.05, 0.1) is 18.5 Å². The molecule has 0 spiro atoms. The molecule has 0 bridgehead atoms. The number of hydrogen-bond donors (Lipinski definition) is 0. The molecule has 116 valence electrons. The van der Waals surface area contributed by atoms with Gasteiger partial charge in [-0.25, -0.2) is 14.4 Å². The molecule has 1 aliphatic rings. The van der Waals surface area contributed by atoms with E-state index in [1.54, 1.807) is 0 Å². The maximum atomic E-state index is 13.7. The number of anilines is 1.